The number of hydrogen-bond donors (Lipinski definition) is 2. The van der Waals surface area contributed by atoms with Crippen LogP contribution < -0.4 is 10.6 Å². The van der Waals surface area contributed by atoms with Gasteiger partial charge in [0.05, 0.1) is 16.1 Å². The van der Waals surface area contributed by atoms with Crippen LogP contribution in [0.1, 0.15) is 51.6 Å². The third-order valence-electron chi connectivity index (χ3n) is 5.82. The van der Waals surface area contributed by atoms with Gasteiger partial charge >= 0.3 is 0 Å². The number of carbonyl (C=O) groups is 1. The minimum atomic E-state index is -0.513. The molecule has 8 heteroatoms. The molecule has 154 valence electrons. The maximum Gasteiger partial charge on any atom is 0.280 e. The van der Waals surface area contributed by atoms with Crippen molar-refractivity contribution in [2.24, 2.45) is 5.92 Å². The first kappa shape index (κ1) is 18.9. The van der Waals surface area contributed by atoms with Gasteiger partial charge in [-0.2, -0.15) is 0 Å². The van der Waals surface area contributed by atoms with Crippen molar-refractivity contribution in [1.29, 1.82) is 0 Å². The maximum atomic E-state index is 12.9. The van der Waals surface area contributed by atoms with E-state index in [2.05, 4.69) is 17.6 Å². The first-order valence-corrected chi connectivity index (χ1v) is 10.8. The number of nitrogens with one attached hydrogen (secondary N) is 2. The molecule has 1 aromatic carbocycles. The number of hydrogen-bond acceptors (Lipinski definition) is 6. The second-order valence-electron chi connectivity index (χ2n) is 8.09. The van der Waals surface area contributed by atoms with Crippen molar-refractivity contribution in [3.05, 3.63) is 67.8 Å². The molecule has 2 atom stereocenters. The molecule has 2 aromatic heterocycles. The van der Waals surface area contributed by atoms with E-state index in [1.807, 2.05) is 13.0 Å². The molecule has 3 aromatic rings. The number of nitrogens with zero attached hydrogens (tertiary/aromatic N) is 1. The van der Waals surface area contributed by atoms with Gasteiger partial charge < -0.3 is 15.1 Å². The van der Waals surface area contributed by atoms with Gasteiger partial charge in [0.15, 0.2) is 6.17 Å². The number of nitro groups is 1. The molecule has 1 aliphatic heterocycles. The van der Waals surface area contributed by atoms with E-state index in [1.54, 1.807) is 29.5 Å². The Morgan fingerprint density at radius 1 is 1.23 bits per heavy atom. The Kier molecular flexibility index (Phi) is 4.39. The third-order valence-corrected chi connectivity index (χ3v) is 7.00. The number of aryl methyl sites for hydroxylation is 1. The molecule has 5 rings (SSSR count). The molecule has 0 saturated heterocycles. The SMILES string of the molecule is Cc1ccc(-c2ccc([C@@H]3NC(=O)c4c(sc5c4CC[C@@H](C)C5)N3)o2)c([N+](=O)[O-])c1. The number of nitro benzene ring substituents is 1. The Balaban J connectivity index is 1.46. The molecule has 7 nitrogen and oxygen atoms in total. The molecule has 0 radical (unpaired) electrons. The van der Waals surface area contributed by atoms with Crippen molar-refractivity contribution >= 4 is 27.9 Å². The highest BCUT2D eigenvalue weighted by atomic mass is 32.1. The van der Waals surface area contributed by atoms with E-state index in [1.165, 1.54) is 16.5 Å². The molecule has 1 aliphatic carbocycles. The van der Waals surface area contributed by atoms with Gasteiger partial charge in [-0.05, 0) is 61.4 Å². The maximum absolute atomic E-state index is 12.9. The fourth-order valence-electron chi connectivity index (χ4n) is 4.26. The lowest BCUT2D eigenvalue weighted by Gasteiger charge is -2.25. The van der Waals surface area contributed by atoms with Gasteiger partial charge in [0.1, 0.15) is 16.5 Å². The molecule has 0 spiro atoms. The molecule has 1 amide bonds. The smallest absolute Gasteiger partial charge is 0.280 e. The van der Waals surface area contributed by atoms with Crippen LogP contribution in [-0.2, 0) is 12.8 Å². The fraction of sp³-hybridized carbons (Fsp3) is 0.318. The van der Waals surface area contributed by atoms with Gasteiger partial charge in [0, 0.05) is 10.9 Å². The quantitative estimate of drug-likeness (QED) is 0.445. The van der Waals surface area contributed by atoms with Crippen LogP contribution in [0.4, 0.5) is 10.7 Å². The van der Waals surface area contributed by atoms with Crippen LogP contribution >= 0.6 is 11.3 Å². The van der Waals surface area contributed by atoms with Crippen molar-refractivity contribution in [3.8, 4) is 11.3 Å². The number of carbonyl (C=O) groups excluding carboxylic acids is 1. The number of anilines is 1. The Morgan fingerprint density at radius 2 is 2.07 bits per heavy atom. The van der Waals surface area contributed by atoms with Crippen molar-refractivity contribution in [2.75, 3.05) is 5.32 Å². The molecule has 3 heterocycles. The number of furan rings is 1. The molecular weight excluding hydrogens is 402 g/mol. The summed E-state index contributed by atoms with van der Waals surface area (Å²) in [7, 11) is 0. The predicted molar refractivity (Wildman–Crippen MR) is 115 cm³/mol. The predicted octanol–water partition coefficient (Wildman–Crippen LogP) is 5.20. The van der Waals surface area contributed by atoms with Crippen LogP contribution in [0.15, 0.2) is 34.7 Å². The minimum absolute atomic E-state index is 0.00104. The summed E-state index contributed by atoms with van der Waals surface area (Å²) in [5.41, 5.74) is 3.16. The Labute approximate surface area is 177 Å². The Bertz CT molecular complexity index is 1180. The van der Waals surface area contributed by atoms with E-state index < -0.39 is 11.1 Å². The van der Waals surface area contributed by atoms with Gasteiger partial charge in [-0.3, -0.25) is 14.9 Å². The standard InChI is InChI=1S/C22H21N3O4S/c1-11-3-5-13(15(9-11)25(27)28)16-7-8-17(29-16)20-23-21(26)19-14-6-4-12(2)10-18(14)30-22(19)24-20/h3,5,7-9,12,20,24H,4,6,10H2,1-2H3,(H,23,26)/t12-,20-/m1/s1. The number of fused-ring (bicyclic) bond motifs is 3. The molecular formula is C22H21N3O4S. The van der Waals surface area contributed by atoms with Crippen LogP contribution in [0.3, 0.4) is 0 Å². The first-order valence-electron chi connectivity index (χ1n) is 9.98. The van der Waals surface area contributed by atoms with E-state index in [0.29, 0.717) is 23.0 Å². The molecule has 0 bridgehead atoms. The highest BCUT2D eigenvalue weighted by Crippen LogP contribution is 2.43. The van der Waals surface area contributed by atoms with Crippen LogP contribution in [-0.4, -0.2) is 10.8 Å². The summed E-state index contributed by atoms with van der Waals surface area (Å²) in [6, 6.07) is 8.49. The van der Waals surface area contributed by atoms with Gasteiger partial charge in [-0.1, -0.05) is 13.0 Å². The Morgan fingerprint density at radius 3 is 2.87 bits per heavy atom. The zero-order valence-electron chi connectivity index (χ0n) is 16.7. The highest BCUT2D eigenvalue weighted by molar-refractivity contribution is 7.16. The van der Waals surface area contributed by atoms with Crippen LogP contribution in [0.5, 0.6) is 0 Å². The molecule has 30 heavy (non-hydrogen) atoms. The number of benzene rings is 1. The fourth-order valence-corrected chi connectivity index (χ4v) is 5.70. The Hall–Kier alpha value is -3.13. The molecule has 2 aliphatic rings. The topological polar surface area (TPSA) is 97.4 Å². The van der Waals surface area contributed by atoms with Gasteiger partial charge in [-0.15, -0.1) is 11.3 Å². The van der Waals surface area contributed by atoms with Gasteiger partial charge in [0.2, 0.25) is 0 Å². The normalized spacial score (nSPS) is 20.1. The van der Waals surface area contributed by atoms with Crippen molar-refractivity contribution in [3.63, 3.8) is 0 Å². The van der Waals surface area contributed by atoms with Crippen LogP contribution in [0.2, 0.25) is 0 Å². The summed E-state index contributed by atoms with van der Waals surface area (Å²) < 4.78 is 5.95. The van der Waals surface area contributed by atoms with Gasteiger partial charge in [0.25, 0.3) is 11.6 Å². The van der Waals surface area contributed by atoms with E-state index in [4.69, 9.17) is 4.42 Å². The molecule has 0 saturated carbocycles. The average Bonchev–Trinajstić information content (AvgIpc) is 3.32. The lowest BCUT2D eigenvalue weighted by molar-refractivity contribution is -0.384. The first-order chi connectivity index (χ1) is 14.4. The van der Waals surface area contributed by atoms with Crippen molar-refractivity contribution in [2.45, 2.75) is 39.3 Å². The van der Waals surface area contributed by atoms with Crippen LogP contribution in [0, 0.1) is 23.0 Å². The molecule has 0 unspecified atom stereocenters. The van der Waals surface area contributed by atoms with E-state index in [0.717, 1.165) is 35.4 Å². The molecule has 0 fully saturated rings. The van der Waals surface area contributed by atoms with E-state index in [9.17, 15) is 14.9 Å². The second-order valence-corrected chi connectivity index (χ2v) is 9.19. The highest BCUT2D eigenvalue weighted by Gasteiger charge is 2.34. The van der Waals surface area contributed by atoms with E-state index in [-0.39, 0.29) is 11.6 Å². The summed E-state index contributed by atoms with van der Waals surface area (Å²) >= 11 is 1.65. The van der Waals surface area contributed by atoms with E-state index >= 15 is 0 Å². The summed E-state index contributed by atoms with van der Waals surface area (Å²) in [6.45, 7) is 4.05. The van der Waals surface area contributed by atoms with Crippen LogP contribution in [0.25, 0.3) is 11.3 Å². The zero-order valence-corrected chi connectivity index (χ0v) is 17.5. The summed E-state index contributed by atoms with van der Waals surface area (Å²) in [5.74, 6) is 1.45. The second kappa shape index (κ2) is 6.98. The molecule has 2 N–H and O–H groups in total. The van der Waals surface area contributed by atoms with Crippen molar-refractivity contribution in [1.82, 2.24) is 5.32 Å². The lowest BCUT2D eigenvalue weighted by atomic mass is 9.88. The summed E-state index contributed by atoms with van der Waals surface area (Å²) in [6.07, 6.45) is 2.53. The summed E-state index contributed by atoms with van der Waals surface area (Å²) in [5, 5.41) is 18.7. The summed E-state index contributed by atoms with van der Waals surface area (Å²) in [4.78, 5) is 25.2. The van der Waals surface area contributed by atoms with Crippen molar-refractivity contribution < 1.29 is 14.1 Å². The minimum Gasteiger partial charge on any atom is -0.457 e. The van der Waals surface area contributed by atoms with Gasteiger partial charge in [-0.25, -0.2) is 0 Å². The number of rotatable bonds is 3. The number of thiophene rings is 1. The third kappa shape index (κ3) is 3.08. The largest absolute Gasteiger partial charge is 0.457 e. The lowest BCUT2D eigenvalue weighted by Crippen LogP contribution is -2.38. The average molecular weight is 423 g/mol. The number of amides is 1. The monoisotopic (exact) mass is 423 g/mol. The zero-order chi connectivity index (χ0) is 21.0.